The van der Waals surface area contributed by atoms with Crippen LogP contribution in [0.5, 0.6) is 0 Å². The van der Waals surface area contributed by atoms with Crippen molar-refractivity contribution in [3.63, 3.8) is 0 Å². The van der Waals surface area contributed by atoms with Gasteiger partial charge in [-0.2, -0.15) is 0 Å². The van der Waals surface area contributed by atoms with Crippen LogP contribution in [0.4, 0.5) is 5.82 Å². The number of aromatic nitrogens is 5. The number of carbonyl (C=O) groups excluding carboxylic acids is 1. The SMILES string of the molecule is Cc1nccnc1CNC(=O)c1nc(C)c(-c2ncco2)nc1N. The van der Waals surface area contributed by atoms with Crippen LogP contribution < -0.4 is 11.1 Å². The maximum atomic E-state index is 12.3. The monoisotopic (exact) mass is 325 g/mol. The summed E-state index contributed by atoms with van der Waals surface area (Å²) in [5.41, 5.74) is 8.22. The molecule has 0 radical (unpaired) electrons. The third-order valence-electron chi connectivity index (χ3n) is 3.35. The number of amides is 1. The first kappa shape index (κ1) is 15.5. The number of hydrogen-bond acceptors (Lipinski definition) is 8. The fourth-order valence-electron chi connectivity index (χ4n) is 2.10. The maximum absolute atomic E-state index is 12.3. The highest BCUT2D eigenvalue weighted by Crippen LogP contribution is 2.20. The molecule has 0 fully saturated rings. The second kappa shape index (κ2) is 6.41. The molecule has 3 rings (SSSR count). The van der Waals surface area contributed by atoms with Gasteiger partial charge in [-0.1, -0.05) is 0 Å². The smallest absolute Gasteiger partial charge is 0.274 e. The van der Waals surface area contributed by atoms with Gasteiger partial charge in [-0.15, -0.1) is 0 Å². The van der Waals surface area contributed by atoms with Crippen LogP contribution in [-0.2, 0) is 6.54 Å². The summed E-state index contributed by atoms with van der Waals surface area (Å²) in [5, 5.41) is 2.72. The number of aryl methyl sites for hydroxylation is 2. The molecule has 0 unspecified atom stereocenters. The van der Waals surface area contributed by atoms with Crippen molar-refractivity contribution in [1.82, 2.24) is 30.2 Å². The van der Waals surface area contributed by atoms with Crippen LogP contribution in [0.25, 0.3) is 11.6 Å². The molecule has 0 aromatic carbocycles. The number of anilines is 1. The Hall–Kier alpha value is -3.36. The highest BCUT2D eigenvalue weighted by Gasteiger charge is 2.18. The van der Waals surface area contributed by atoms with Crippen LogP contribution in [0.1, 0.15) is 27.6 Å². The lowest BCUT2D eigenvalue weighted by Crippen LogP contribution is -2.26. The third kappa shape index (κ3) is 3.05. The van der Waals surface area contributed by atoms with E-state index in [0.717, 1.165) is 5.69 Å². The first-order chi connectivity index (χ1) is 11.6. The number of nitrogens with one attached hydrogen (secondary N) is 1. The van der Waals surface area contributed by atoms with Gasteiger partial charge in [-0.25, -0.2) is 15.0 Å². The van der Waals surface area contributed by atoms with Gasteiger partial charge >= 0.3 is 0 Å². The lowest BCUT2D eigenvalue weighted by molar-refractivity contribution is 0.0946. The van der Waals surface area contributed by atoms with Crippen molar-refractivity contribution in [3.8, 4) is 11.6 Å². The standard InChI is InChI=1S/C15H15N7O2/c1-8-10(18-4-3-17-8)7-20-14(23)12-13(16)22-11(9(2)21-12)15-19-5-6-24-15/h3-6H,7H2,1-2H3,(H2,16,22)(H,20,23). The number of nitrogen functional groups attached to an aromatic ring is 1. The van der Waals surface area contributed by atoms with Crippen LogP contribution in [0.3, 0.4) is 0 Å². The molecule has 3 aromatic rings. The molecule has 3 N–H and O–H groups in total. The average molecular weight is 325 g/mol. The second-order valence-electron chi connectivity index (χ2n) is 5.00. The van der Waals surface area contributed by atoms with Gasteiger partial charge in [-0.3, -0.25) is 14.8 Å². The summed E-state index contributed by atoms with van der Waals surface area (Å²) in [7, 11) is 0. The fourth-order valence-corrected chi connectivity index (χ4v) is 2.10. The Labute approximate surface area is 137 Å². The van der Waals surface area contributed by atoms with Gasteiger partial charge in [0.15, 0.2) is 11.5 Å². The maximum Gasteiger partial charge on any atom is 0.274 e. The molecule has 0 bridgehead atoms. The van der Waals surface area contributed by atoms with Gasteiger partial charge < -0.3 is 15.5 Å². The van der Waals surface area contributed by atoms with Crippen LogP contribution in [0.15, 0.2) is 29.3 Å². The third-order valence-corrected chi connectivity index (χ3v) is 3.35. The van der Waals surface area contributed by atoms with Crippen LogP contribution in [0, 0.1) is 13.8 Å². The molecule has 0 spiro atoms. The minimum Gasteiger partial charge on any atom is -0.443 e. The molecule has 9 nitrogen and oxygen atoms in total. The summed E-state index contributed by atoms with van der Waals surface area (Å²) in [6.45, 7) is 3.74. The van der Waals surface area contributed by atoms with E-state index in [4.69, 9.17) is 10.2 Å². The Balaban J connectivity index is 1.80. The van der Waals surface area contributed by atoms with Crippen LogP contribution in [-0.4, -0.2) is 30.8 Å². The lowest BCUT2D eigenvalue weighted by Gasteiger charge is -2.09. The number of nitrogens with two attached hydrogens (primary N) is 1. The lowest BCUT2D eigenvalue weighted by atomic mass is 10.2. The molecule has 3 heterocycles. The molecule has 3 aromatic heterocycles. The van der Waals surface area contributed by atoms with Crippen molar-refractivity contribution >= 4 is 11.7 Å². The highest BCUT2D eigenvalue weighted by atomic mass is 16.3. The van der Waals surface area contributed by atoms with E-state index < -0.39 is 5.91 Å². The summed E-state index contributed by atoms with van der Waals surface area (Å²) in [6.07, 6.45) is 6.08. The molecular formula is C15H15N7O2. The quantitative estimate of drug-likeness (QED) is 0.727. The molecule has 0 aliphatic rings. The Morgan fingerprint density at radius 3 is 2.62 bits per heavy atom. The predicted molar refractivity (Wildman–Crippen MR) is 84.6 cm³/mol. The van der Waals surface area contributed by atoms with Gasteiger partial charge in [0, 0.05) is 12.4 Å². The molecule has 0 atom stereocenters. The molecule has 122 valence electrons. The molecular weight excluding hydrogens is 310 g/mol. The van der Waals surface area contributed by atoms with Gasteiger partial charge in [-0.05, 0) is 13.8 Å². The number of carbonyl (C=O) groups is 1. The second-order valence-corrected chi connectivity index (χ2v) is 5.00. The first-order valence-corrected chi connectivity index (χ1v) is 7.15. The van der Waals surface area contributed by atoms with E-state index in [-0.39, 0.29) is 18.1 Å². The van der Waals surface area contributed by atoms with Crippen LogP contribution in [0.2, 0.25) is 0 Å². The average Bonchev–Trinajstić information content (AvgIpc) is 3.10. The topological polar surface area (TPSA) is 133 Å². The molecule has 1 amide bonds. The molecule has 0 saturated carbocycles. The summed E-state index contributed by atoms with van der Waals surface area (Å²) in [4.78, 5) is 33.0. The van der Waals surface area contributed by atoms with Gasteiger partial charge in [0.2, 0.25) is 5.89 Å². The normalized spacial score (nSPS) is 10.6. The zero-order valence-electron chi connectivity index (χ0n) is 13.1. The summed E-state index contributed by atoms with van der Waals surface area (Å²) in [5.74, 6) is -0.136. The number of nitrogens with zero attached hydrogens (tertiary/aromatic N) is 5. The number of oxazole rings is 1. The Morgan fingerprint density at radius 1 is 1.12 bits per heavy atom. The van der Waals surface area contributed by atoms with Crippen molar-refractivity contribution < 1.29 is 9.21 Å². The fraction of sp³-hybridized carbons (Fsp3) is 0.200. The zero-order chi connectivity index (χ0) is 17.1. The van der Waals surface area contributed by atoms with E-state index in [2.05, 4.69) is 30.2 Å². The summed E-state index contributed by atoms with van der Waals surface area (Å²) in [6, 6.07) is 0. The van der Waals surface area contributed by atoms with Gasteiger partial charge in [0.25, 0.3) is 5.91 Å². The molecule has 0 aliphatic heterocycles. The number of hydrogen-bond donors (Lipinski definition) is 2. The van der Waals surface area contributed by atoms with E-state index in [1.54, 1.807) is 19.3 Å². The van der Waals surface area contributed by atoms with E-state index in [9.17, 15) is 4.79 Å². The minimum absolute atomic E-state index is 0.00201. The van der Waals surface area contributed by atoms with Crippen molar-refractivity contribution in [2.24, 2.45) is 0 Å². The van der Waals surface area contributed by atoms with E-state index in [0.29, 0.717) is 23.0 Å². The van der Waals surface area contributed by atoms with E-state index in [1.165, 1.54) is 12.5 Å². The van der Waals surface area contributed by atoms with Gasteiger partial charge in [0.1, 0.15) is 12.0 Å². The zero-order valence-corrected chi connectivity index (χ0v) is 13.1. The Bertz CT molecular complexity index is 878. The van der Waals surface area contributed by atoms with Gasteiger partial charge in [0.05, 0.1) is 29.8 Å². The van der Waals surface area contributed by atoms with E-state index in [1.807, 2.05) is 6.92 Å². The minimum atomic E-state index is -0.438. The van der Waals surface area contributed by atoms with Crippen molar-refractivity contribution in [2.75, 3.05) is 5.73 Å². The first-order valence-electron chi connectivity index (χ1n) is 7.15. The van der Waals surface area contributed by atoms with E-state index >= 15 is 0 Å². The van der Waals surface area contributed by atoms with Crippen LogP contribution >= 0.6 is 0 Å². The highest BCUT2D eigenvalue weighted by molar-refractivity contribution is 5.96. The summed E-state index contributed by atoms with van der Waals surface area (Å²) < 4.78 is 5.19. The summed E-state index contributed by atoms with van der Waals surface area (Å²) >= 11 is 0. The van der Waals surface area contributed by atoms with Crippen molar-refractivity contribution in [1.29, 1.82) is 0 Å². The Kier molecular flexibility index (Phi) is 4.15. The predicted octanol–water partition coefficient (Wildman–Crippen LogP) is 1.05. The number of rotatable bonds is 4. The molecule has 0 saturated heterocycles. The molecule has 9 heteroatoms. The van der Waals surface area contributed by atoms with Crippen molar-refractivity contribution in [2.45, 2.75) is 20.4 Å². The van der Waals surface area contributed by atoms with Crippen molar-refractivity contribution in [3.05, 3.63) is 47.6 Å². The Morgan fingerprint density at radius 2 is 1.92 bits per heavy atom. The molecule has 24 heavy (non-hydrogen) atoms. The largest absolute Gasteiger partial charge is 0.443 e. The molecule has 0 aliphatic carbocycles.